The van der Waals surface area contributed by atoms with E-state index in [4.69, 9.17) is 14.6 Å². The van der Waals surface area contributed by atoms with Crippen molar-refractivity contribution in [2.24, 2.45) is 0 Å². The van der Waals surface area contributed by atoms with Gasteiger partial charge >= 0.3 is 0 Å². The molecule has 1 aromatic carbocycles. The van der Waals surface area contributed by atoms with Crippen molar-refractivity contribution in [3.05, 3.63) is 21.9 Å². The van der Waals surface area contributed by atoms with Crippen molar-refractivity contribution in [3.8, 4) is 11.5 Å². The Balaban J connectivity index is 2.60. The van der Waals surface area contributed by atoms with Crippen LogP contribution >= 0.6 is 15.9 Å². The number of aliphatic hydroxyl groups excluding tert-OH is 1. The number of hydrogen-bond donors (Lipinski definition) is 1. The molecule has 0 atom stereocenters. The molecule has 0 radical (unpaired) electrons. The Kier molecular flexibility index (Phi) is 2.60. The zero-order valence-electron chi connectivity index (χ0n) is 7.22. The standard InChI is InChI=1S/C9H8BrFO3/c10-6-3-7-9(14-2-1-13-7)5(4-12)8(6)11/h3,12H,1-2,4H2. The molecule has 1 N–H and O–H groups in total. The van der Waals surface area contributed by atoms with Crippen LogP contribution in [0.5, 0.6) is 11.5 Å². The van der Waals surface area contributed by atoms with Crippen LogP contribution in [0, 0.1) is 5.82 Å². The first kappa shape index (κ1) is 9.73. The Morgan fingerprint density at radius 3 is 2.86 bits per heavy atom. The van der Waals surface area contributed by atoms with Crippen LogP contribution in [0.15, 0.2) is 10.5 Å². The van der Waals surface area contributed by atoms with E-state index in [9.17, 15) is 4.39 Å². The van der Waals surface area contributed by atoms with E-state index in [1.807, 2.05) is 0 Å². The second-order valence-electron chi connectivity index (χ2n) is 2.83. The van der Waals surface area contributed by atoms with Gasteiger partial charge in [-0.15, -0.1) is 0 Å². The van der Waals surface area contributed by atoms with Gasteiger partial charge in [0.15, 0.2) is 11.5 Å². The minimum absolute atomic E-state index is 0.133. The molecule has 0 saturated carbocycles. The number of halogens is 2. The fraction of sp³-hybridized carbons (Fsp3) is 0.333. The Morgan fingerprint density at radius 2 is 2.14 bits per heavy atom. The minimum Gasteiger partial charge on any atom is -0.486 e. The van der Waals surface area contributed by atoms with Crippen LogP contribution in [0.3, 0.4) is 0 Å². The lowest BCUT2D eigenvalue weighted by atomic mass is 10.1. The molecule has 1 heterocycles. The quantitative estimate of drug-likeness (QED) is 0.840. The van der Waals surface area contributed by atoms with Gasteiger partial charge in [-0.2, -0.15) is 0 Å². The number of ether oxygens (including phenoxy) is 2. The summed E-state index contributed by atoms with van der Waals surface area (Å²) in [6.07, 6.45) is 0. The molecule has 0 fully saturated rings. The predicted molar refractivity (Wildman–Crippen MR) is 51.0 cm³/mol. The molecule has 14 heavy (non-hydrogen) atoms. The lowest BCUT2D eigenvalue weighted by Gasteiger charge is -2.21. The minimum atomic E-state index is -0.503. The highest BCUT2D eigenvalue weighted by Gasteiger charge is 2.21. The van der Waals surface area contributed by atoms with Crippen LogP contribution in [0.4, 0.5) is 4.39 Å². The van der Waals surface area contributed by atoms with Crippen LogP contribution in [0.1, 0.15) is 5.56 Å². The van der Waals surface area contributed by atoms with Gasteiger partial charge in [0.1, 0.15) is 19.0 Å². The number of rotatable bonds is 1. The first-order chi connectivity index (χ1) is 6.74. The fourth-order valence-corrected chi connectivity index (χ4v) is 1.79. The van der Waals surface area contributed by atoms with E-state index in [-0.39, 0.29) is 10.0 Å². The Labute approximate surface area is 88.6 Å². The zero-order valence-corrected chi connectivity index (χ0v) is 8.80. The van der Waals surface area contributed by atoms with E-state index in [1.54, 1.807) is 0 Å². The van der Waals surface area contributed by atoms with E-state index in [2.05, 4.69) is 15.9 Å². The molecule has 0 aromatic heterocycles. The average molecular weight is 263 g/mol. The molecule has 0 spiro atoms. The molecule has 0 saturated heterocycles. The average Bonchev–Trinajstić information content (AvgIpc) is 2.20. The highest BCUT2D eigenvalue weighted by molar-refractivity contribution is 9.10. The van der Waals surface area contributed by atoms with Crippen LogP contribution in [-0.2, 0) is 6.61 Å². The van der Waals surface area contributed by atoms with Crippen LogP contribution < -0.4 is 9.47 Å². The monoisotopic (exact) mass is 262 g/mol. The first-order valence-electron chi connectivity index (χ1n) is 4.11. The molecule has 1 aliphatic heterocycles. The third-order valence-corrected chi connectivity index (χ3v) is 2.55. The fourth-order valence-electron chi connectivity index (χ4n) is 1.34. The summed E-state index contributed by atoms with van der Waals surface area (Å²) in [6, 6.07) is 1.50. The normalized spacial score (nSPS) is 14.2. The summed E-state index contributed by atoms with van der Waals surface area (Å²) >= 11 is 3.04. The second-order valence-corrected chi connectivity index (χ2v) is 3.69. The lowest BCUT2D eigenvalue weighted by Crippen LogP contribution is -2.17. The summed E-state index contributed by atoms with van der Waals surface area (Å²) in [7, 11) is 0. The third kappa shape index (κ3) is 1.46. The van der Waals surface area contributed by atoms with Crippen molar-refractivity contribution in [2.75, 3.05) is 13.2 Å². The maximum Gasteiger partial charge on any atom is 0.169 e. The van der Waals surface area contributed by atoms with Gasteiger partial charge < -0.3 is 14.6 Å². The third-order valence-electron chi connectivity index (χ3n) is 1.98. The Bertz CT molecular complexity index is 368. The molecule has 3 nitrogen and oxygen atoms in total. The van der Waals surface area contributed by atoms with Crippen molar-refractivity contribution < 1.29 is 19.0 Å². The highest BCUT2D eigenvalue weighted by atomic mass is 79.9. The van der Waals surface area contributed by atoms with Crippen LogP contribution in [-0.4, -0.2) is 18.3 Å². The summed E-state index contributed by atoms with van der Waals surface area (Å²) in [5.74, 6) is 0.268. The summed E-state index contributed by atoms with van der Waals surface area (Å²) in [5.41, 5.74) is 0.133. The molecule has 0 unspecified atom stereocenters. The van der Waals surface area contributed by atoms with Gasteiger partial charge in [-0.25, -0.2) is 4.39 Å². The van der Waals surface area contributed by atoms with Gasteiger partial charge in [0.25, 0.3) is 0 Å². The molecular weight excluding hydrogens is 255 g/mol. The van der Waals surface area contributed by atoms with Crippen molar-refractivity contribution in [1.29, 1.82) is 0 Å². The Morgan fingerprint density at radius 1 is 1.43 bits per heavy atom. The van der Waals surface area contributed by atoms with Gasteiger partial charge in [0, 0.05) is 6.07 Å². The summed E-state index contributed by atoms with van der Waals surface area (Å²) in [4.78, 5) is 0. The maximum absolute atomic E-state index is 13.4. The van der Waals surface area contributed by atoms with Crippen LogP contribution in [0.2, 0.25) is 0 Å². The van der Waals surface area contributed by atoms with E-state index in [0.29, 0.717) is 24.7 Å². The summed E-state index contributed by atoms with van der Waals surface area (Å²) in [5, 5.41) is 9.00. The van der Waals surface area contributed by atoms with E-state index >= 15 is 0 Å². The molecular formula is C9H8BrFO3. The SMILES string of the molecule is OCc1c(F)c(Br)cc2c1OCCO2. The molecule has 2 rings (SSSR count). The predicted octanol–water partition coefficient (Wildman–Crippen LogP) is 1.85. The van der Waals surface area contributed by atoms with Crippen molar-refractivity contribution >= 4 is 15.9 Å². The zero-order chi connectivity index (χ0) is 10.1. The number of hydrogen-bond acceptors (Lipinski definition) is 3. The highest BCUT2D eigenvalue weighted by Crippen LogP contribution is 2.39. The summed E-state index contributed by atoms with van der Waals surface area (Å²) in [6.45, 7) is 0.411. The Hall–Kier alpha value is -0.810. The van der Waals surface area contributed by atoms with Gasteiger partial charge in [0.05, 0.1) is 16.6 Å². The first-order valence-corrected chi connectivity index (χ1v) is 4.90. The molecule has 1 aliphatic rings. The molecule has 76 valence electrons. The van der Waals surface area contributed by atoms with Crippen LogP contribution in [0.25, 0.3) is 0 Å². The maximum atomic E-state index is 13.4. The molecule has 0 aliphatic carbocycles. The van der Waals surface area contributed by atoms with Gasteiger partial charge in [-0.1, -0.05) is 0 Å². The van der Waals surface area contributed by atoms with Crippen molar-refractivity contribution in [3.63, 3.8) is 0 Å². The largest absolute Gasteiger partial charge is 0.486 e. The van der Waals surface area contributed by atoms with Gasteiger partial charge in [0.2, 0.25) is 0 Å². The van der Waals surface area contributed by atoms with E-state index in [0.717, 1.165) is 0 Å². The molecule has 5 heteroatoms. The molecule has 0 bridgehead atoms. The van der Waals surface area contributed by atoms with Gasteiger partial charge in [-0.05, 0) is 15.9 Å². The molecule has 1 aromatic rings. The second kappa shape index (κ2) is 3.74. The lowest BCUT2D eigenvalue weighted by molar-refractivity contribution is 0.163. The number of benzene rings is 1. The van der Waals surface area contributed by atoms with E-state index in [1.165, 1.54) is 6.07 Å². The van der Waals surface area contributed by atoms with Crippen molar-refractivity contribution in [2.45, 2.75) is 6.61 Å². The van der Waals surface area contributed by atoms with Crippen molar-refractivity contribution in [1.82, 2.24) is 0 Å². The molecule has 0 amide bonds. The van der Waals surface area contributed by atoms with E-state index < -0.39 is 12.4 Å². The summed E-state index contributed by atoms with van der Waals surface area (Å²) < 4.78 is 24.2. The number of fused-ring (bicyclic) bond motifs is 1. The van der Waals surface area contributed by atoms with Gasteiger partial charge in [-0.3, -0.25) is 0 Å². The smallest absolute Gasteiger partial charge is 0.169 e. The topological polar surface area (TPSA) is 38.7 Å². The number of aliphatic hydroxyl groups is 1.